The number of benzene rings is 3. The summed E-state index contributed by atoms with van der Waals surface area (Å²) in [6, 6.07) is 18.0. The first kappa shape index (κ1) is 19.7. The first-order valence-electron chi connectivity index (χ1n) is 8.77. The van der Waals surface area contributed by atoms with Gasteiger partial charge in [-0.1, -0.05) is 54.1 Å². The second-order valence-corrected chi connectivity index (χ2v) is 6.69. The van der Waals surface area contributed by atoms with Gasteiger partial charge in [-0.05, 0) is 41.5 Å². The Bertz CT molecular complexity index is 1020. The van der Waals surface area contributed by atoms with Crippen LogP contribution in [0.25, 0.3) is 10.8 Å². The van der Waals surface area contributed by atoms with Crippen LogP contribution in [0.2, 0.25) is 5.02 Å². The Hall–Kier alpha value is -3.05. The molecule has 0 bridgehead atoms. The smallest absolute Gasteiger partial charge is 0.342 e. The van der Waals surface area contributed by atoms with E-state index in [0.29, 0.717) is 10.8 Å². The SMILES string of the molecule is COc1cc2ccccc2cc1C(=O)OCC(=O)N[C@@H](C)c1ccccc1Cl. The van der Waals surface area contributed by atoms with Crippen molar-refractivity contribution in [2.45, 2.75) is 13.0 Å². The van der Waals surface area contributed by atoms with Crippen molar-refractivity contribution < 1.29 is 19.1 Å². The summed E-state index contributed by atoms with van der Waals surface area (Å²) in [5.74, 6) is -0.641. The lowest BCUT2D eigenvalue weighted by molar-refractivity contribution is -0.124. The third kappa shape index (κ3) is 4.43. The van der Waals surface area contributed by atoms with E-state index in [4.69, 9.17) is 21.1 Å². The van der Waals surface area contributed by atoms with Crippen LogP contribution in [0.3, 0.4) is 0 Å². The number of halogens is 1. The Labute approximate surface area is 168 Å². The monoisotopic (exact) mass is 397 g/mol. The van der Waals surface area contributed by atoms with Crippen molar-refractivity contribution in [3.8, 4) is 5.75 Å². The summed E-state index contributed by atoms with van der Waals surface area (Å²) >= 11 is 6.14. The Morgan fingerprint density at radius 1 is 1.04 bits per heavy atom. The third-order valence-electron chi connectivity index (χ3n) is 4.37. The number of hydrogen-bond acceptors (Lipinski definition) is 4. The zero-order valence-corrected chi connectivity index (χ0v) is 16.3. The molecule has 3 aromatic carbocycles. The van der Waals surface area contributed by atoms with Gasteiger partial charge in [-0.2, -0.15) is 0 Å². The van der Waals surface area contributed by atoms with Crippen molar-refractivity contribution in [2.24, 2.45) is 0 Å². The van der Waals surface area contributed by atoms with Crippen molar-refractivity contribution >= 4 is 34.2 Å². The van der Waals surface area contributed by atoms with Gasteiger partial charge in [0.25, 0.3) is 5.91 Å². The van der Waals surface area contributed by atoms with Gasteiger partial charge in [0.1, 0.15) is 11.3 Å². The van der Waals surface area contributed by atoms with Gasteiger partial charge in [-0.15, -0.1) is 0 Å². The molecular formula is C22H20ClNO4. The van der Waals surface area contributed by atoms with E-state index in [1.165, 1.54) is 7.11 Å². The van der Waals surface area contributed by atoms with Gasteiger partial charge < -0.3 is 14.8 Å². The van der Waals surface area contributed by atoms with E-state index >= 15 is 0 Å². The molecule has 28 heavy (non-hydrogen) atoms. The minimum Gasteiger partial charge on any atom is -0.496 e. The molecule has 0 aliphatic rings. The summed E-state index contributed by atoms with van der Waals surface area (Å²) in [7, 11) is 1.48. The zero-order valence-electron chi connectivity index (χ0n) is 15.6. The highest BCUT2D eigenvalue weighted by Gasteiger charge is 2.18. The van der Waals surface area contributed by atoms with Gasteiger partial charge in [0.15, 0.2) is 6.61 Å². The molecule has 144 valence electrons. The number of amides is 1. The van der Waals surface area contributed by atoms with Crippen molar-refractivity contribution in [3.63, 3.8) is 0 Å². The summed E-state index contributed by atoms with van der Waals surface area (Å²) in [6.45, 7) is 1.41. The molecule has 0 aliphatic carbocycles. The lowest BCUT2D eigenvalue weighted by Gasteiger charge is -2.16. The number of hydrogen-bond donors (Lipinski definition) is 1. The molecule has 0 radical (unpaired) electrons. The molecule has 1 atom stereocenters. The number of fused-ring (bicyclic) bond motifs is 1. The molecule has 0 heterocycles. The highest BCUT2D eigenvalue weighted by atomic mass is 35.5. The number of carbonyl (C=O) groups is 2. The summed E-state index contributed by atoms with van der Waals surface area (Å²) in [5.41, 5.74) is 1.06. The van der Waals surface area contributed by atoms with Gasteiger partial charge in [-0.3, -0.25) is 4.79 Å². The maximum absolute atomic E-state index is 12.5. The van der Waals surface area contributed by atoms with Crippen LogP contribution < -0.4 is 10.1 Å². The molecule has 0 aromatic heterocycles. The fourth-order valence-corrected chi connectivity index (χ4v) is 3.24. The Morgan fingerprint density at radius 3 is 2.36 bits per heavy atom. The van der Waals surface area contributed by atoms with E-state index in [0.717, 1.165) is 16.3 Å². The van der Waals surface area contributed by atoms with Crippen LogP contribution in [-0.4, -0.2) is 25.6 Å². The predicted octanol–water partition coefficient (Wildman–Crippen LogP) is 4.54. The third-order valence-corrected chi connectivity index (χ3v) is 4.72. The Kier molecular flexibility index (Phi) is 6.16. The maximum atomic E-state index is 12.5. The maximum Gasteiger partial charge on any atom is 0.342 e. The van der Waals surface area contributed by atoms with Crippen LogP contribution in [0.5, 0.6) is 5.75 Å². The fourth-order valence-electron chi connectivity index (χ4n) is 2.94. The predicted molar refractivity (Wildman–Crippen MR) is 109 cm³/mol. The molecule has 3 aromatic rings. The van der Waals surface area contributed by atoms with Crippen LogP contribution >= 0.6 is 11.6 Å². The molecule has 0 saturated carbocycles. The second-order valence-electron chi connectivity index (χ2n) is 6.29. The molecule has 1 amide bonds. The number of rotatable bonds is 6. The molecule has 0 saturated heterocycles. The number of esters is 1. The number of ether oxygens (including phenoxy) is 2. The molecule has 3 rings (SSSR count). The molecule has 0 spiro atoms. The van der Waals surface area contributed by atoms with Gasteiger partial charge in [0.05, 0.1) is 13.2 Å². The standard InChI is InChI=1S/C22H20ClNO4/c1-14(17-9-5-6-10-19(17)23)24-21(25)13-28-22(26)18-11-15-7-3-4-8-16(15)12-20(18)27-2/h3-12,14H,13H2,1-2H3,(H,24,25)/t14-/m0/s1. The summed E-state index contributed by atoms with van der Waals surface area (Å²) in [4.78, 5) is 24.7. The van der Waals surface area contributed by atoms with E-state index in [1.54, 1.807) is 18.2 Å². The van der Waals surface area contributed by atoms with Crippen LogP contribution in [0, 0.1) is 0 Å². The average Bonchev–Trinajstić information content (AvgIpc) is 2.71. The number of methoxy groups -OCH3 is 1. The number of carbonyl (C=O) groups excluding carboxylic acids is 2. The van der Waals surface area contributed by atoms with E-state index in [9.17, 15) is 9.59 Å². The van der Waals surface area contributed by atoms with E-state index < -0.39 is 18.5 Å². The lowest BCUT2D eigenvalue weighted by Crippen LogP contribution is -2.31. The van der Waals surface area contributed by atoms with Crippen LogP contribution in [-0.2, 0) is 9.53 Å². The largest absolute Gasteiger partial charge is 0.496 e. The zero-order chi connectivity index (χ0) is 20.1. The quantitative estimate of drug-likeness (QED) is 0.620. The van der Waals surface area contributed by atoms with E-state index in [2.05, 4.69) is 5.32 Å². The van der Waals surface area contributed by atoms with Crippen molar-refractivity contribution in [2.75, 3.05) is 13.7 Å². The van der Waals surface area contributed by atoms with Gasteiger partial charge in [-0.25, -0.2) is 4.79 Å². The fraction of sp³-hybridized carbons (Fsp3) is 0.182. The second kappa shape index (κ2) is 8.76. The molecule has 5 nitrogen and oxygen atoms in total. The van der Waals surface area contributed by atoms with E-state index in [1.807, 2.05) is 49.4 Å². The normalized spacial score (nSPS) is 11.7. The van der Waals surface area contributed by atoms with Crippen molar-refractivity contribution in [3.05, 3.63) is 76.8 Å². The van der Waals surface area contributed by atoms with Crippen LogP contribution in [0.15, 0.2) is 60.7 Å². The summed E-state index contributed by atoms with van der Waals surface area (Å²) in [5, 5.41) is 5.16. The highest BCUT2D eigenvalue weighted by molar-refractivity contribution is 6.31. The summed E-state index contributed by atoms with van der Waals surface area (Å²) in [6.07, 6.45) is 0. The summed E-state index contributed by atoms with van der Waals surface area (Å²) < 4.78 is 10.5. The van der Waals surface area contributed by atoms with Crippen LogP contribution in [0.4, 0.5) is 0 Å². The van der Waals surface area contributed by atoms with Crippen molar-refractivity contribution in [1.29, 1.82) is 0 Å². The molecule has 1 N–H and O–H groups in total. The lowest BCUT2D eigenvalue weighted by atomic mass is 10.1. The molecule has 0 fully saturated rings. The average molecular weight is 398 g/mol. The minimum atomic E-state index is -0.622. The van der Waals surface area contributed by atoms with Gasteiger partial charge in [0.2, 0.25) is 0 Å². The van der Waals surface area contributed by atoms with Gasteiger partial charge in [0, 0.05) is 5.02 Å². The highest BCUT2D eigenvalue weighted by Crippen LogP contribution is 2.26. The Balaban J connectivity index is 1.66. The minimum absolute atomic E-state index is 0.271. The van der Waals surface area contributed by atoms with Crippen molar-refractivity contribution in [1.82, 2.24) is 5.32 Å². The molecule has 0 aliphatic heterocycles. The first-order chi connectivity index (χ1) is 13.5. The first-order valence-corrected chi connectivity index (χ1v) is 9.15. The van der Waals surface area contributed by atoms with E-state index in [-0.39, 0.29) is 11.6 Å². The van der Waals surface area contributed by atoms with Gasteiger partial charge >= 0.3 is 5.97 Å². The molecule has 6 heteroatoms. The number of nitrogens with one attached hydrogen (secondary N) is 1. The topological polar surface area (TPSA) is 64.6 Å². The molecular weight excluding hydrogens is 378 g/mol. The van der Waals surface area contributed by atoms with Crippen LogP contribution in [0.1, 0.15) is 28.9 Å². The molecule has 0 unspecified atom stereocenters. The Morgan fingerprint density at radius 2 is 1.68 bits per heavy atom.